The summed E-state index contributed by atoms with van der Waals surface area (Å²) in [6, 6.07) is 6.44. The molecule has 2 aliphatic heterocycles. The van der Waals surface area contributed by atoms with Gasteiger partial charge in [-0.15, -0.1) is 11.3 Å². The lowest BCUT2D eigenvalue weighted by Gasteiger charge is -2.28. The topological polar surface area (TPSA) is 57.2 Å². The molecule has 3 aromatic rings. The van der Waals surface area contributed by atoms with Gasteiger partial charge < -0.3 is 15.1 Å². The number of nitrogens with zero attached hydrogens (tertiary/aromatic N) is 5. The summed E-state index contributed by atoms with van der Waals surface area (Å²) in [6.45, 7) is 6.28. The van der Waals surface area contributed by atoms with Crippen molar-refractivity contribution in [2.24, 2.45) is 0 Å². The lowest BCUT2D eigenvalue weighted by Crippen LogP contribution is -2.43. The van der Waals surface area contributed by atoms with E-state index in [0.29, 0.717) is 0 Å². The number of hydrogen-bond acceptors (Lipinski definition) is 7. The van der Waals surface area contributed by atoms with Crippen LogP contribution in [0.5, 0.6) is 0 Å². The third-order valence-corrected chi connectivity index (χ3v) is 6.55. The van der Waals surface area contributed by atoms with E-state index in [0.717, 1.165) is 67.0 Å². The molecule has 3 aromatic heterocycles. The van der Waals surface area contributed by atoms with Gasteiger partial charge in [-0.05, 0) is 25.0 Å². The zero-order valence-electron chi connectivity index (χ0n) is 16.8. The number of thiazole rings is 1. The Morgan fingerprint density at radius 2 is 1.52 bits per heavy atom. The van der Waals surface area contributed by atoms with E-state index < -0.39 is 0 Å². The summed E-state index contributed by atoms with van der Waals surface area (Å²) in [5.74, 6) is 2.13. The molecule has 7 heteroatoms. The van der Waals surface area contributed by atoms with Gasteiger partial charge in [-0.25, -0.2) is 15.0 Å². The van der Waals surface area contributed by atoms with Gasteiger partial charge in [0.1, 0.15) is 22.2 Å². The molecule has 6 nitrogen and oxygen atoms in total. The Morgan fingerprint density at radius 3 is 2.21 bits per heavy atom. The molecule has 0 amide bonds. The smallest absolute Gasteiger partial charge is 0.130 e. The zero-order chi connectivity index (χ0) is 19.5. The minimum absolute atomic E-state index is 0.965. The lowest BCUT2D eigenvalue weighted by atomic mass is 10.3. The van der Waals surface area contributed by atoms with Gasteiger partial charge in [0, 0.05) is 57.1 Å². The number of anilines is 2. The first-order valence-corrected chi connectivity index (χ1v) is 11.6. The molecule has 3 aliphatic rings. The van der Waals surface area contributed by atoms with Crippen LogP contribution >= 0.6 is 11.3 Å². The van der Waals surface area contributed by atoms with Crippen molar-refractivity contribution in [3.63, 3.8) is 0 Å². The molecule has 2 saturated heterocycles. The Labute approximate surface area is 176 Å². The second kappa shape index (κ2) is 8.63. The first kappa shape index (κ1) is 18.8. The highest BCUT2D eigenvalue weighted by atomic mass is 32.1. The van der Waals surface area contributed by atoms with Crippen molar-refractivity contribution in [1.29, 1.82) is 0 Å². The van der Waals surface area contributed by atoms with Crippen LogP contribution < -0.4 is 15.1 Å². The number of aromatic nitrogens is 3. The molecule has 1 aliphatic carbocycles. The Morgan fingerprint density at radius 1 is 0.793 bits per heavy atom. The molecule has 3 fully saturated rings. The summed E-state index contributed by atoms with van der Waals surface area (Å²) in [5.41, 5.74) is 2.05. The van der Waals surface area contributed by atoms with Gasteiger partial charge in [0.15, 0.2) is 0 Å². The summed E-state index contributed by atoms with van der Waals surface area (Å²) in [6.07, 6.45) is 10.9. The summed E-state index contributed by atoms with van der Waals surface area (Å²) in [4.78, 5) is 18.7. The van der Waals surface area contributed by atoms with E-state index in [9.17, 15) is 0 Å². The van der Waals surface area contributed by atoms with E-state index in [4.69, 9.17) is 4.98 Å². The molecule has 0 spiro atoms. The molecule has 1 saturated carbocycles. The number of nitrogens with one attached hydrogen (secondary N) is 1. The fraction of sp³-hybridized carbons (Fsp3) is 0.500. The standard InChI is InChI=1S/C19H22N6S.C3H6/c1-2-8-24(7-1)17-4-3-14(12-21-17)19-23-15-13-22-18(11-16(15)26-19)25-9-5-20-6-10-25;1-2-3-1/h3-4,11-13,20H,1-2,5-10H2;1-3H2. The van der Waals surface area contributed by atoms with Gasteiger partial charge in [0.2, 0.25) is 0 Å². The molecule has 152 valence electrons. The van der Waals surface area contributed by atoms with Crippen molar-refractivity contribution in [1.82, 2.24) is 20.3 Å². The molecule has 1 N–H and O–H groups in total. The minimum Gasteiger partial charge on any atom is -0.357 e. The number of fused-ring (bicyclic) bond motifs is 1. The van der Waals surface area contributed by atoms with Crippen molar-refractivity contribution < 1.29 is 0 Å². The summed E-state index contributed by atoms with van der Waals surface area (Å²) in [5, 5.41) is 4.40. The fourth-order valence-corrected chi connectivity index (χ4v) is 4.62. The van der Waals surface area contributed by atoms with Crippen LogP contribution in [-0.2, 0) is 0 Å². The quantitative estimate of drug-likeness (QED) is 0.709. The normalized spacial score (nSPS) is 18.6. The Balaban J connectivity index is 0.000000556. The van der Waals surface area contributed by atoms with E-state index in [1.165, 1.54) is 36.8 Å². The van der Waals surface area contributed by atoms with Crippen molar-refractivity contribution in [3.05, 3.63) is 30.6 Å². The van der Waals surface area contributed by atoms with Gasteiger partial charge in [-0.3, -0.25) is 0 Å². The van der Waals surface area contributed by atoms with Crippen molar-refractivity contribution in [2.45, 2.75) is 32.1 Å². The molecule has 29 heavy (non-hydrogen) atoms. The first-order valence-electron chi connectivity index (χ1n) is 10.8. The maximum atomic E-state index is 4.77. The maximum absolute atomic E-state index is 4.77. The van der Waals surface area contributed by atoms with Crippen LogP contribution in [0.4, 0.5) is 11.6 Å². The number of piperazine rings is 1. The Kier molecular flexibility index (Phi) is 5.58. The summed E-state index contributed by atoms with van der Waals surface area (Å²) >= 11 is 1.72. The van der Waals surface area contributed by atoms with E-state index in [1.54, 1.807) is 11.3 Å². The summed E-state index contributed by atoms with van der Waals surface area (Å²) < 4.78 is 1.19. The average Bonchev–Trinajstić information content (AvgIpc) is 3.44. The van der Waals surface area contributed by atoms with E-state index >= 15 is 0 Å². The molecular weight excluding hydrogens is 380 g/mol. The fourth-order valence-electron chi connectivity index (χ4n) is 3.66. The molecule has 0 unspecified atom stereocenters. The monoisotopic (exact) mass is 408 g/mol. The molecule has 6 rings (SSSR count). The van der Waals surface area contributed by atoms with Crippen LogP contribution in [0.3, 0.4) is 0 Å². The molecule has 5 heterocycles. The van der Waals surface area contributed by atoms with Crippen molar-refractivity contribution in [2.75, 3.05) is 49.1 Å². The third kappa shape index (κ3) is 4.51. The Hall–Kier alpha value is -2.25. The van der Waals surface area contributed by atoms with Crippen molar-refractivity contribution >= 4 is 33.2 Å². The van der Waals surface area contributed by atoms with Gasteiger partial charge >= 0.3 is 0 Å². The van der Waals surface area contributed by atoms with Gasteiger partial charge in [0.05, 0.1) is 10.9 Å². The molecule has 0 radical (unpaired) electrons. The van der Waals surface area contributed by atoms with Crippen LogP contribution in [0, 0.1) is 0 Å². The van der Waals surface area contributed by atoms with Crippen LogP contribution in [0.2, 0.25) is 0 Å². The second-order valence-corrected chi connectivity index (χ2v) is 8.96. The van der Waals surface area contributed by atoms with Crippen LogP contribution in [-0.4, -0.2) is 54.2 Å². The lowest BCUT2D eigenvalue weighted by molar-refractivity contribution is 0.585. The minimum atomic E-state index is 0.965. The highest BCUT2D eigenvalue weighted by molar-refractivity contribution is 7.21. The average molecular weight is 409 g/mol. The van der Waals surface area contributed by atoms with Gasteiger partial charge in [0.25, 0.3) is 0 Å². The van der Waals surface area contributed by atoms with E-state index in [1.807, 2.05) is 12.4 Å². The number of pyridine rings is 2. The van der Waals surface area contributed by atoms with Crippen LogP contribution in [0.25, 0.3) is 20.8 Å². The van der Waals surface area contributed by atoms with Crippen LogP contribution in [0.15, 0.2) is 30.6 Å². The van der Waals surface area contributed by atoms with Crippen molar-refractivity contribution in [3.8, 4) is 10.6 Å². The summed E-state index contributed by atoms with van der Waals surface area (Å²) in [7, 11) is 0. The number of hydrogen-bond donors (Lipinski definition) is 1. The SMILES string of the molecule is C1CC1.c1cc(N2CCCC2)ncc1-c1nc2cnc(N3CCNCC3)cc2s1. The van der Waals surface area contributed by atoms with E-state index in [2.05, 4.69) is 43.3 Å². The third-order valence-electron chi connectivity index (χ3n) is 5.48. The van der Waals surface area contributed by atoms with Gasteiger partial charge in [-0.2, -0.15) is 0 Å². The maximum Gasteiger partial charge on any atom is 0.130 e. The Bertz CT molecular complexity index is 937. The van der Waals surface area contributed by atoms with Crippen LogP contribution in [0.1, 0.15) is 32.1 Å². The zero-order valence-corrected chi connectivity index (χ0v) is 17.6. The molecule has 0 aromatic carbocycles. The predicted octanol–water partition coefficient (Wildman–Crippen LogP) is 3.93. The molecule has 0 bridgehead atoms. The van der Waals surface area contributed by atoms with E-state index in [-0.39, 0.29) is 0 Å². The predicted molar refractivity (Wildman–Crippen MR) is 121 cm³/mol. The highest BCUT2D eigenvalue weighted by Gasteiger charge is 2.16. The molecular formula is C22H28N6S. The molecule has 0 atom stereocenters. The number of rotatable bonds is 3. The highest BCUT2D eigenvalue weighted by Crippen LogP contribution is 2.32. The first-order chi connectivity index (χ1) is 14.4. The van der Waals surface area contributed by atoms with Gasteiger partial charge in [-0.1, -0.05) is 19.3 Å². The second-order valence-electron chi connectivity index (χ2n) is 7.93. The largest absolute Gasteiger partial charge is 0.357 e.